The SMILES string of the molecule is CC(C)Oc1ccc(Oc2ccc(CCC(=NOCc3ccccc3)C(C)C)cc2)cn1.CC(C)Oc1ccc(Oc2ccc(CCC(=O)C(C)C)cc2)cn1. The van der Waals surface area contributed by atoms with Crippen LogP contribution in [0.25, 0.3) is 0 Å². The van der Waals surface area contributed by atoms with Crippen LogP contribution in [-0.2, 0) is 29.1 Å². The van der Waals surface area contributed by atoms with Gasteiger partial charge in [-0.1, -0.05) is 87.4 Å². The van der Waals surface area contributed by atoms with Crippen LogP contribution in [-0.4, -0.2) is 33.7 Å². The van der Waals surface area contributed by atoms with Crippen LogP contribution in [0.2, 0.25) is 0 Å². The zero-order chi connectivity index (χ0) is 40.3. The van der Waals surface area contributed by atoms with Crippen LogP contribution in [0.1, 0.15) is 84.9 Å². The van der Waals surface area contributed by atoms with Gasteiger partial charge in [0.2, 0.25) is 11.8 Å². The molecule has 9 nitrogen and oxygen atoms in total. The molecule has 0 aliphatic carbocycles. The normalized spacial score (nSPS) is 11.3. The van der Waals surface area contributed by atoms with Crippen molar-refractivity contribution < 1.29 is 28.6 Å². The minimum Gasteiger partial charge on any atom is -0.475 e. The van der Waals surface area contributed by atoms with Gasteiger partial charge in [-0.05, 0) is 106 Å². The van der Waals surface area contributed by atoms with Gasteiger partial charge >= 0.3 is 0 Å². The number of oxime groups is 1. The molecule has 0 unspecified atom stereocenters. The molecule has 5 rings (SSSR count). The number of ether oxygens (including phenoxy) is 4. The topological polar surface area (TPSA) is 101 Å². The summed E-state index contributed by atoms with van der Waals surface area (Å²) in [6.07, 6.45) is 6.61. The van der Waals surface area contributed by atoms with Gasteiger partial charge in [-0.3, -0.25) is 4.79 Å². The number of pyridine rings is 2. The van der Waals surface area contributed by atoms with Gasteiger partial charge in [0, 0.05) is 24.5 Å². The summed E-state index contributed by atoms with van der Waals surface area (Å²) in [7, 11) is 0. The lowest BCUT2D eigenvalue weighted by Gasteiger charge is -2.11. The van der Waals surface area contributed by atoms with Crippen molar-refractivity contribution in [2.45, 2.75) is 99.9 Å². The summed E-state index contributed by atoms with van der Waals surface area (Å²) >= 11 is 0. The molecule has 0 amide bonds. The van der Waals surface area contributed by atoms with Crippen LogP contribution in [0.15, 0.2) is 121 Å². The third-order valence-corrected chi connectivity index (χ3v) is 8.35. The minimum absolute atomic E-state index is 0.0958. The number of aryl methyl sites for hydroxylation is 2. The summed E-state index contributed by atoms with van der Waals surface area (Å²) in [6.45, 7) is 16.5. The monoisotopic (exact) mass is 759 g/mol. The Hall–Kier alpha value is -5.70. The molecule has 0 fully saturated rings. The molecular formula is C47H57N3O6. The van der Waals surface area contributed by atoms with E-state index >= 15 is 0 Å². The van der Waals surface area contributed by atoms with E-state index in [0.717, 1.165) is 47.6 Å². The Kier molecular flexibility index (Phi) is 17.4. The predicted octanol–water partition coefficient (Wildman–Crippen LogP) is 11.6. The number of nitrogens with zero attached hydrogens (tertiary/aromatic N) is 3. The van der Waals surface area contributed by atoms with Crippen molar-refractivity contribution >= 4 is 11.5 Å². The van der Waals surface area contributed by atoms with Crippen LogP contribution in [0.5, 0.6) is 34.8 Å². The molecule has 2 aromatic heterocycles. The number of ketones is 1. The maximum Gasteiger partial charge on any atom is 0.213 e. The number of Topliss-reactive ketones (excluding diaryl/α,β-unsaturated/α-hetero) is 1. The Bertz CT molecular complexity index is 1890. The number of hydrogen-bond donors (Lipinski definition) is 0. The summed E-state index contributed by atoms with van der Waals surface area (Å²) in [5.41, 5.74) is 4.55. The number of rotatable bonds is 19. The van der Waals surface area contributed by atoms with E-state index in [1.807, 2.05) is 126 Å². The Morgan fingerprint density at radius 2 is 1.00 bits per heavy atom. The van der Waals surface area contributed by atoms with Crippen molar-refractivity contribution in [1.29, 1.82) is 0 Å². The number of carbonyl (C=O) groups is 1. The third-order valence-electron chi connectivity index (χ3n) is 8.35. The fraction of sp³-hybridized carbons (Fsp3) is 0.362. The summed E-state index contributed by atoms with van der Waals surface area (Å²) < 4.78 is 22.7. The molecule has 0 aliphatic rings. The van der Waals surface area contributed by atoms with Crippen molar-refractivity contribution in [3.05, 3.63) is 132 Å². The second kappa shape index (κ2) is 22.6. The van der Waals surface area contributed by atoms with Crippen LogP contribution >= 0.6 is 0 Å². The van der Waals surface area contributed by atoms with Crippen molar-refractivity contribution in [3.63, 3.8) is 0 Å². The fourth-order valence-corrected chi connectivity index (χ4v) is 5.23. The van der Waals surface area contributed by atoms with Gasteiger partial charge < -0.3 is 23.8 Å². The molecule has 56 heavy (non-hydrogen) atoms. The zero-order valence-electron chi connectivity index (χ0n) is 34.1. The third kappa shape index (κ3) is 16.0. The lowest BCUT2D eigenvalue weighted by atomic mass is 10.0. The first-order valence-electron chi connectivity index (χ1n) is 19.5. The van der Waals surface area contributed by atoms with Crippen LogP contribution in [0.3, 0.4) is 0 Å². The lowest BCUT2D eigenvalue weighted by Crippen LogP contribution is -2.10. The van der Waals surface area contributed by atoms with Gasteiger partial charge in [0.05, 0.1) is 30.3 Å². The molecular weight excluding hydrogens is 703 g/mol. The number of aromatic nitrogens is 2. The highest BCUT2D eigenvalue weighted by Gasteiger charge is 2.10. The van der Waals surface area contributed by atoms with Crippen LogP contribution < -0.4 is 18.9 Å². The van der Waals surface area contributed by atoms with E-state index in [1.54, 1.807) is 18.5 Å². The quantitative estimate of drug-likeness (QED) is 0.0606. The first-order valence-corrected chi connectivity index (χ1v) is 19.5. The predicted molar refractivity (Wildman–Crippen MR) is 223 cm³/mol. The Morgan fingerprint density at radius 3 is 1.41 bits per heavy atom. The first-order chi connectivity index (χ1) is 26.9. The maximum absolute atomic E-state index is 11.7. The molecule has 5 aromatic rings. The highest BCUT2D eigenvalue weighted by Crippen LogP contribution is 2.25. The Morgan fingerprint density at radius 1 is 0.536 bits per heavy atom. The minimum atomic E-state index is 0.0958. The fourth-order valence-electron chi connectivity index (χ4n) is 5.23. The van der Waals surface area contributed by atoms with E-state index in [-0.39, 0.29) is 18.1 Å². The molecule has 0 atom stereocenters. The Labute approximate surface area is 333 Å². The molecule has 0 N–H and O–H groups in total. The smallest absolute Gasteiger partial charge is 0.213 e. The number of benzene rings is 3. The van der Waals surface area contributed by atoms with Gasteiger partial charge in [0.15, 0.2) is 0 Å². The first kappa shape index (κ1) is 43.0. The van der Waals surface area contributed by atoms with Crippen molar-refractivity contribution in [2.24, 2.45) is 17.0 Å². The van der Waals surface area contributed by atoms with Crippen LogP contribution in [0, 0.1) is 11.8 Å². The molecule has 296 valence electrons. The van der Waals surface area contributed by atoms with Gasteiger partial charge in [-0.2, -0.15) is 0 Å². The number of hydrogen-bond acceptors (Lipinski definition) is 9. The zero-order valence-corrected chi connectivity index (χ0v) is 34.1. The van der Waals surface area contributed by atoms with Gasteiger partial charge in [0.1, 0.15) is 35.4 Å². The van der Waals surface area contributed by atoms with E-state index in [1.165, 1.54) is 5.56 Å². The van der Waals surface area contributed by atoms with E-state index in [4.69, 9.17) is 23.8 Å². The van der Waals surface area contributed by atoms with Crippen LogP contribution in [0.4, 0.5) is 0 Å². The van der Waals surface area contributed by atoms with Gasteiger partial charge in [0.25, 0.3) is 0 Å². The summed E-state index contributed by atoms with van der Waals surface area (Å²) in [5.74, 6) is 4.77. The van der Waals surface area contributed by atoms with Gasteiger partial charge in [-0.15, -0.1) is 0 Å². The van der Waals surface area contributed by atoms with E-state index in [2.05, 4.69) is 41.1 Å². The maximum atomic E-state index is 11.7. The lowest BCUT2D eigenvalue weighted by molar-refractivity contribution is -0.121. The molecule has 3 aromatic carbocycles. The second-order valence-corrected chi connectivity index (χ2v) is 14.6. The molecule has 0 radical (unpaired) electrons. The molecule has 0 spiro atoms. The summed E-state index contributed by atoms with van der Waals surface area (Å²) in [6, 6.07) is 33.3. The van der Waals surface area contributed by atoms with Gasteiger partial charge in [-0.25, -0.2) is 9.97 Å². The van der Waals surface area contributed by atoms with E-state index in [9.17, 15) is 4.79 Å². The molecule has 0 aliphatic heterocycles. The van der Waals surface area contributed by atoms with Crippen molar-refractivity contribution in [1.82, 2.24) is 9.97 Å². The number of carbonyl (C=O) groups excluding carboxylic acids is 1. The van der Waals surface area contributed by atoms with E-state index < -0.39 is 0 Å². The molecule has 9 heteroatoms. The van der Waals surface area contributed by atoms with Crippen molar-refractivity contribution in [2.75, 3.05) is 0 Å². The Balaban J connectivity index is 0.000000259. The molecule has 0 bridgehead atoms. The standard InChI is InChI=1S/C27H32N2O3.C20H25NO3/c1-20(2)26(29-30-19-23-8-6-5-7-9-23)16-12-22-10-13-24(14-11-22)32-25-15-17-27(28-18-25)31-21(3)4;1-14(2)19(22)11-7-16-5-8-17(9-6-16)24-18-10-12-20(21-13-18)23-15(3)4/h5-11,13-15,17-18,20-21H,12,16,19H2,1-4H3;5-6,8-10,12-15H,7,11H2,1-4H3. The molecule has 2 heterocycles. The van der Waals surface area contributed by atoms with Crippen molar-refractivity contribution in [3.8, 4) is 34.8 Å². The average molecular weight is 760 g/mol. The summed E-state index contributed by atoms with van der Waals surface area (Å²) in [5, 5.41) is 4.41. The highest BCUT2D eigenvalue weighted by molar-refractivity contribution is 5.86. The summed E-state index contributed by atoms with van der Waals surface area (Å²) in [4.78, 5) is 25.8. The largest absolute Gasteiger partial charge is 0.475 e. The highest BCUT2D eigenvalue weighted by atomic mass is 16.6. The average Bonchev–Trinajstić information content (AvgIpc) is 3.18. The molecule has 0 saturated heterocycles. The molecule has 0 saturated carbocycles. The second-order valence-electron chi connectivity index (χ2n) is 14.6. The van der Waals surface area contributed by atoms with E-state index in [0.29, 0.717) is 48.0 Å².